The van der Waals surface area contributed by atoms with Gasteiger partial charge in [-0.15, -0.1) is 13.2 Å². The molecule has 0 unspecified atom stereocenters. The Labute approximate surface area is 121 Å². The minimum atomic E-state index is -4.70. The highest BCUT2D eigenvalue weighted by Gasteiger charge is 2.31. The van der Waals surface area contributed by atoms with Gasteiger partial charge in [-0.1, -0.05) is 12.1 Å². The zero-order valence-electron chi connectivity index (χ0n) is 11.5. The number of hydrogen-bond donors (Lipinski definition) is 1. The van der Waals surface area contributed by atoms with E-state index in [0.29, 0.717) is 5.56 Å². The number of benzene rings is 1. The Morgan fingerprint density at radius 1 is 1.14 bits per heavy atom. The fourth-order valence-corrected chi connectivity index (χ4v) is 2.60. The molecule has 0 heterocycles. The maximum atomic E-state index is 12.1. The zero-order valence-corrected chi connectivity index (χ0v) is 11.5. The zero-order chi connectivity index (χ0) is 15.5. The van der Waals surface area contributed by atoms with E-state index < -0.39 is 6.36 Å². The predicted octanol–water partition coefficient (Wildman–Crippen LogP) is 3.21. The van der Waals surface area contributed by atoms with Crippen molar-refractivity contribution in [2.24, 2.45) is 11.7 Å². The largest absolute Gasteiger partial charge is 0.573 e. The van der Waals surface area contributed by atoms with Gasteiger partial charge >= 0.3 is 6.36 Å². The van der Waals surface area contributed by atoms with E-state index in [4.69, 9.17) is 5.73 Å². The van der Waals surface area contributed by atoms with Gasteiger partial charge in [-0.05, 0) is 43.4 Å². The van der Waals surface area contributed by atoms with Crippen LogP contribution in [0.15, 0.2) is 24.3 Å². The lowest BCUT2D eigenvalue weighted by molar-refractivity contribution is -0.274. The summed E-state index contributed by atoms with van der Waals surface area (Å²) < 4.78 is 39.9. The SMILES string of the molecule is NC1CCC(C(=O)Cc2ccc(OC(F)(F)F)cc2)CC1. The van der Waals surface area contributed by atoms with Crippen LogP contribution in [0.2, 0.25) is 0 Å². The highest BCUT2D eigenvalue weighted by molar-refractivity contribution is 5.83. The summed E-state index contributed by atoms with van der Waals surface area (Å²) in [4.78, 5) is 12.1. The van der Waals surface area contributed by atoms with Gasteiger partial charge in [-0.2, -0.15) is 0 Å². The quantitative estimate of drug-likeness (QED) is 0.929. The van der Waals surface area contributed by atoms with E-state index in [1.165, 1.54) is 24.3 Å². The molecule has 0 aromatic heterocycles. The van der Waals surface area contributed by atoms with Crippen LogP contribution in [0.25, 0.3) is 0 Å². The molecule has 1 aliphatic carbocycles. The second-order valence-corrected chi connectivity index (χ2v) is 5.45. The van der Waals surface area contributed by atoms with E-state index in [1.54, 1.807) is 0 Å². The number of carbonyl (C=O) groups is 1. The molecule has 3 nitrogen and oxygen atoms in total. The first-order valence-electron chi connectivity index (χ1n) is 6.96. The van der Waals surface area contributed by atoms with Gasteiger partial charge in [-0.3, -0.25) is 4.79 Å². The Morgan fingerprint density at radius 3 is 2.24 bits per heavy atom. The van der Waals surface area contributed by atoms with Crippen LogP contribution in [0.1, 0.15) is 31.2 Å². The maximum absolute atomic E-state index is 12.1. The fraction of sp³-hybridized carbons (Fsp3) is 0.533. The second-order valence-electron chi connectivity index (χ2n) is 5.45. The summed E-state index contributed by atoms with van der Waals surface area (Å²) in [7, 11) is 0. The molecular formula is C15H18F3NO2. The number of Topliss-reactive ketones (excluding diaryl/α,β-unsaturated/α-hetero) is 1. The van der Waals surface area contributed by atoms with Crippen molar-refractivity contribution < 1.29 is 22.7 Å². The number of ketones is 1. The number of halogens is 3. The van der Waals surface area contributed by atoms with Crippen molar-refractivity contribution in [1.29, 1.82) is 0 Å². The van der Waals surface area contributed by atoms with Crippen molar-refractivity contribution >= 4 is 5.78 Å². The summed E-state index contributed by atoms with van der Waals surface area (Å²) in [6.07, 6.45) is -1.14. The predicted molar refractivity (Wildman–Crippen MR) is 71.8 cm³/mol. The molecule has 1 aromatic carbocycles. The van der Waals surface area contributed by atoms with Crippen LogP contribution in [-0.4, -0.2) is 18.2 Å². The van der Waals surface area contributed by atoms with Gasteiger partial charge in [0.05, 0.1) is 0 Å². The van der Waals surface area contributed by atoms with Crippen LogP contribution >= 0.6 is 0 Å². The van der Waals surface area contributed by atoms with Gasteiger partial charge in [0.1, 0.15) is 11.5 Å². The number of alkyl halides is 3. The topological polar surface area (TPSA) is 52.3 Å². The van der Waals surface area contributed by atoms with Crippen molar-refractivity contribution in [3.63, 3.8) is 0 Å². The molecule has 0 bridgehead atoms. The molecule has 2 rings (SSSR count). The Hall–Kier alpha value is -1.56. The van der Waals surface area contributed by atoms with E-state index in [-0.39, 0.29) is 29.9 Å². The molecule has 0 spiro atoms. The van der Waals surface area contributed by atoms with E-state index in [0.717, 1.165) is 25.7 Å². The molecule has 1 fully saturated rings. The molecule has 6 heteroatoms. The molecule has 2 N–H and O–H groups in total. The van der Waals surface area contributed by atoms with Crippen LogP contribution in [0.4, 0.5) is 13.2 Å². The van der Waals surface area contributed by atoms with Crippen LogP contribution in [0.5, 0.6) is 5.75 Å². The second kappa shape index (κ2) is 6.47. The third-order valence-corrected chi connectivity index (χ3v) is 3.76. The average molecular weight is 301 g/mol. The lowest BCUT2D eigenvalue weighted by atomic mass is 9.82. The maximum Gasteiger partial charge on any atom is 0.573 e. The first-order chi connectivity index (χ1) is 9.83. The normalized spacial score (nSPS) is 22.9. The van der Waals surface area contributed by atoms with Crippen LogP contribution in [0, 0.1) is 5.92 Å². The van der Waals surface area contributed by atoms with E-state index in [2.05, 4.69) is 4.74 Å². The highest BCUT2D eigenvalue weighted by atomic mass is 19.4. The van der Waals surface area contributed by atoms with Gasteiger partial charge in [0, 0.05) is 18.4 Å². The Balaban J connectivity index is 1.89. The molecular weight excluding hydrogens is 283 g/mol. The van der Waals surface area contributed by atoms with Gasteiger partial charge < -0.3 is 10.5 Å². The minimum Gasteiger partial charge on any atom is -0.406 e. The molecule has 116 valence electrons. The standard InChI is InChI=1S/C15H18F3NO2/c16-15(17,18)21-13-7-1-10(2-8-13)9-14(20)11-3-5-12(19)6-4-11/h1-2,7-8,11-12H,3-6,9,19H2. The summed E-state index contributed by atoms with van der Waals surface area (Å²) in [6.45, 7) is 0. The molecule has 21 heavy (non-hydrogen) atoms. The summed E-state index contributed by atoms with van der Waals surface area (Å²) >= 11 is 0. The van der Waals surface area contributed by atoms with E-state index in [9.17, 15) is 18.0 Å². The van der Waals surface area contributed by atoms with E-state index >= 15 is 0 Å². The Morgan fingerprint density at radius 2 is 1.71 bits per heavy atom. The first-order valence-corrected chi connectivity index (χ1v) is 6.96. The summed E-state index contributed by atoms with van der Waals surface area (Å²) in [5.74, 6) is -0.121. The van der Waals surface area contributed by atoms with Crippen molar-refractivity contribution in [2.75, 3.05) is 0 Å². The summed E-state index contributed by atoms with van der Waals surface area (Å²) in [5.41, 5.74) is 6.50. The number of nitrogens with two attached hydrogens (primary N) is 1. The van der Waals surface area contributed by atoms with Gasteiger partial charge in [0.2, 0.25) is 0 Å². The van der Waals surface area contributed by atoms with Gasteiger partial charge in [0.25, 0.3) is 0 Å². The monoisotopic (exact) mass is 301 g/mol. The Bertz CT molecular complexity index is 477. The molecule has 0 aliphatic heterocycles. The summed E-state index contributed by atoms with van der Waals surface area (Å²) in [5, 5.41) is 0. The number of hydrogen-bond acceptors (Lipinski definition) is 3. The molecule has 1 aromatic rings. The van der Waals surface area contributed by atoms with Crippen molar-refractivity contribution in [2.45, 2.75) is 44.5 Å². The van der Waals surface area contributed by atoms with Crippen LogP contribution in [-0.2, 0) is 11.2 Å². The Kier molecular flexibility index (Phi) is 4.88. The van der Waals surface area contributed by atoms with Gasteiger partial charge in [-0.25, -0.2) is 0 Å². The molecule has 0 amide bonds. The molecule has 1 saturated carbocycles. The average Bonchev–Trinajstić information content (AvgIpc) is 2.40. The minimum absolute atomic E-state index is 0.0240. The fourth-order valence-electron chi connectivity index (χ4n) is 2.60. The molecule has 1 aliphatic rings. The van der Waals surface area contributed by atoms with Crippen LogP contribution in [0.3, 0.4) is 0 Å². The van der Waals surface area contributed by atoms with Crippen molar-refractivity contribution in [3.05, 3.63) is 29.8 Å². The number of rotatable bonds is 4. The number of ether oxygens (including phenoxy) is 1. The lowest BCUT2D eigenvalue weighted by Crippen LogP contribution is -2.30. The smallest absolute Gasteiger partial charge is 0.406 e. The molecule has 0 saturated heterocycles. The van der Waals surface area contributed by atoms with Crippen molar-refractivity contribution in [3.8, 4) is 5.75 Å². The van der Waals surface area contributed by atoms with Crippen LogP contribution < -0.4 is 10.5 Å². The first kappa shape index (κ1) is 15.8. The lowest BCUT2D eigenvalue weighted by Gasteiger charge is -2.25. The summed E-state index contributed by atoms with van der Waals surface area (Å²) in [6, 6.07) is 5.63. The third-order valence-electron chi connectivity index (χ3n) is 3.76. The van der Waals surface area contributed by atoms with E-state index in [1.807, 2.05) is 0 Å². The van der Waals surface area contributed by atoms with Gasteiger partial charge in [0.15, 0.2) is 0 Å². The van der Waals surface area contributed by atoms with Crippen molar-refractivity contribution in [1.82, 2.24) is 0 Å². The number of carbonyl (C=O) groups excluding carboxylic acids is 1. The molecule has 0 atom stereocenters. The third kappa shape index (κ3) is 5.04. The molecule has 0 radical (unpaired) electrons. The highest BCUT2D eigenvalue weighted by Crippen LogP contribution is 2.26.